The first kappa shape index (κ1) is 14.2. The van der Waals surface area contributed by atoms with Crippen molar-refractivity contribution in [1.29, 1.82) is 0 Å². The normalized spacial score (nSPS) is 18.7. The average Bonchev–Trinajstić information content (AvgIpc) is 2.50. The molecule has 1 saturated heterocycles. The van der Waals surface area contributed by atoms with E-state index in [0.717, 1.165) is 49.8 Å². The highest BCUT2D eigenvalue weighted by Gasteiger charge is 2.30. The predicted octanol–water partition coefficient (Wildman–Crippen LogP) is 1.48. The number of para-hydroxylation sites is 1. The second-order valence-corrected chi connectivity index (χ2v) is 6.05. The molecule has 1 aromatic rings. The summed E-state index contributed by atoms with van der Waals surface area (Å²) < 4.78 is 5.65. The van der Waals surface area contributed by atoms with E-state index in [1.54, 1.807) is 0 Å². The van der Waals surface area contributed by atoms with Gasteiger partial charge in [-0.1, -0.05) is 19.9 Å². The predicted molar refractivity (Wildman–Crippen MR) is 84.2 cm³/mol. The number of carbonyl (C=O) groups excluding carboxylic acids is 1. The van der Waals surface area contributed by atoms with Crippen molar-refractivity contribution < 1.29 is 9.53 Å². The van der Waals surface area contributed by atoms with Gasteiger partial charge in [0.05, 0.1) is 5.69 Å². The number of piperazine rings is 1. The molecule has 0 saturated carbocycles. The Morgan fingerprint density at radius 1 is 1.29 bits per heavy atom. The largest absolute Gasteiger partial charge is 0.481 e. The third kappa shape index (κ3) is 2.83. The Morgan fingerprint density at radius 2 is 2.05 bits per heavy atom. The molecule has 2 aliphatic rings. The Kier molecular flexibility index (Phi) is 4.01. The van der Waals surface area contributed by atoms with E-state index in [-0.39, 0.29) is 12.5 Å². The monoisotopic (exact) mass is 289 g/mol. The van der Waals surface area contributed by atoms with E-state index in [9.17, 15) is 4.79 Å². The van der Waals surface area contributed by atoms with E-state index in [2.05, 4.69) is 30.1 Å². The fourth-order valence-corrected chi connectivity index (χ4v) is 2.96. The minimum Gasteiger partial charge on any atom is -0.481 e. The first-order chi connectivity index (χ1) is 10.2. The van der Waals surface area contributed by atoms with Crippen LogP contribution in [0, 0.1) is 5.92 Å². The zero-order valence-electron chi connectivity index (χ0n) is 12.8. The SMILES string of the molecule is CC(C)CN1C(=O)COc2cccc(N3CCNCC3)c21. The number of benzene rings is 1. The molecule has 0 radical (unpaired) electrons. The highest BCUT2D eigenvalue weighted by Crippen LogP contribution is 2.41. The van der Waals surface area contributed by atoms with Crippen molar-refractivity contribution in [1.82, 2.24) is 5.32 Å². The van der Waals surface area contributed by atoms with Crippen molar-refractivity contribution in [3.05, 3.63) is 18.2 Å². The van der Waals surface area contributed by atoms with Gasteiger partial charge in [-0.3, -0.25) is 4.79 Å². The molecule has 0 atom stereocenters. The van der Waals surface area contributed by atoms with Gasteiger partial charge < -0.3 is 19.9 Å². The molecule has 114 valence electrons. The molecule has 0 aromatic heterocycles. The minimum atomic E-state index is 0.0544. The van der Waals surface area contributed by atoms with Crippen LogP contribution in [0.5, 0.6) is 5.75 Å². The van der Waals surface area contributed by atoms with Crippen LogP contribution in [0.3, 0.4) is 0 Å². The van der Waals surface area contributed by atoms with Gasteiger partial charge in [0, 0.05) is 32.7 Å². The van der Waals surface area contributed by atoms with Crippen molar-refractivity contribution in [2.75, 3.05) is 49.1 Å². The molecular formula is C16H23N3O2. The van der Waals surface area contributed by atoms with Gasteiger partial charge in [-0.05, 0) is 18.1 Å². The minimum absolute atomic E-state index is 0.0544. The van der Waals surface area contributed by atoms with Crippen LogP contribution < -0.4 is 19.9 Å². The van der Waals surface area contributed by atoms with Gasteiger partial charge in [0.25, 0.3) is 5.91 Å². The number of rotatable bonds is 3. The van der Waals surface area contributed by atoms with Gasteiger partial charge in [-0.25, -0.2) is 0 Å². The second-order valence-electron chi connectivity index (χ2n) is 6.05. The van der Waals surface area contributed by atoms with Gasteiger partial charge in [0.1, 0.15) is 11.4 Å². The van der Waals surface area contributed by atoms with Gasteiger partial charge in [-0.15, -0.1) is 0 Å². The molecule has 1 N–H and O–H groups in total. The lowest BCUT2D eigenvalue weighted by molar-refractivity contribution is -0.121. The molecule has 0 spiro atoms. The standard InChI is InChI=1S/C16H23N3O2/c1-12(2)10-19-15(20)11-21-14-5-3-4-13(16(14)19)18-8-6-17-7-9-18/h3-5,12,17H,6-11H2,1-2H3. The summed E-state index contributed by atoms with van der Waals surface area (Å²) in [7, 11) is 0. The first-order valence-corrected chi connectivity index (χ1v) is 7.68. The van der Waals surface area contributed by atoms with Crippen LogP contribution in [0.25, 0.3) is 0 Å². The van der Waals surface area contributed by atoms with E-state index in [1.807, 2.05) is 17.0 Å². The van der Waals surface area contributed by atoms with E-state index in [4.69, 9.17) is 4.74 Å². The molecule has 2 heterocycles. The van der Waals surface area contributed by atoms with Crippen LogP contribution in [0.15, 0.2) is 18.2 Å². The van der Waals surface area contributed by atoms with Crippen molar-refractivity contribution >= 4 is 17.3 Å². The Balaban J connectivity index is 2.00. The fraction of sp³-hybridized carbons (Fsp3) is 0.562. The van der Waals surface area contributed by atoms with Gasteiger partial charge in [0.15, 0.2) is 6.61 Å². The summed E-state index contributed by atoms with van der Waals surface area (Å²) in [6, 6.07) is 6.07. The average molecular weight is 289 g/mol. The Labute approximate surface area is 125 Å². The molecule has 0 unspecified atom stereocenters. The Bertz CT molecular complexity index is 524. The van der Waals surface area contributed by atoms with Gasteiger partial charge in [-0.2, -0.15) is 0 Å². The van der Waals surface area contributed by atoms with E-state index < -0.39 is 0 Å². The van der Waals surface area contributed by atoms with Crippen LogP contribution in [-0.2, 0) is 4.79 Å². The number of hydrogen-bond donors (Lipinski definition) is 1. The third-order valence-corrected chi connectivity index (χ3v) is 3.91. The first-order valence-electron chi connectivity index (χ1n) is 7.68. The van der Waals surface area contributed by atoms with E-state index >= 15 is 0 Å². The number of carbonyl (C=O) groups is 1. The van der Waals surface area contributed by atoms with Crippen molar-refractivity contribution in [3.8, 4) is 5.75 Å². The summed E-state index contributed by atoms with van der Waals surface area (Å²) >= 11 is 0. The molecule has 1 amide bonds. The summed E-state index contributed by atoms with van der Waals surface area (Å²) in [5.74, 6) is 1.31. The summed E-state index contributed by atoms with van der Waals surface area (Å²) in [5.41, 5.74) is 2.06. The fourth-order valence-electron chi connectivity index (χ4n) is 2.96. The van der Waals surface area contributed by atoms with Gasteiger partial charge >= 0.3 is 0 Å². The molecule has 3 rings (SSSR count). The maximum Gasteiger partial charge on any atom is 0.265 e. The van der Waals surface area contributed by atoms with Gasteiger partial charge in [0.2, 0.25) is 0 Å². The zero-order valence-corrected chi connectivity index (χ0v) is 12.8. The Hall–Kier alpha value is -1.75. The highest BCUT2D eigenvalue weighted by atomic mass is 16.5. The lowest BCUT2D eigenvalue weighted by Gasteiger charge is -2.37. The molecule has 2 aliphatic heterocycles. The van der Waals surface area contributed by atoms with E-state index in [0.29, 0.717) is 5.92 Å². The molecule has 0 bridgehead atoms. The summed E-state index contributed by atoms with van der Waals surface area (Å²) in [5, 5.41) is 3.36. The summed E-state index contributed by atoms with van der Waals surface area (Å²) in [6.45, 7) is 9.01. The number of ether oxygens (including phenoxy) is 1. The number of nitrogens with zero attached hydrogens (tertiary/aromatic N) is 2. The van der Waals surface area contributed by atoms with Crippen LogP contribution in [-0.4, -0.2) is 45.2 Å². The maximum atomic E-state index is 12.3. The molecule has 5 heteroatoms. The molecule has 21 heavy (non-hydrogen) atoms. The van der Waals surface area contributed by atoms with Crippen molar-refractivity contribution in [2.45, 2.75) is 13.8 Å². The molecule has 0 aliphatic carbocycles. The lowest BCUT2D eigenvalue weighted by Crippen LogP contribution is -2.46. The molecular weight excluding hydrogens is 266 g/mol. The molecule has 1 aromatic carbocycles. The topological polar surface area (TPSA) is 44.8 Å². The number of nitrogens with one attached hydrogen (secondary N) is 1. The van der Waals surface area contributed by atoms with Crippen LogP contribution in [0.1, 0.15) is 13.8 Å². The Morgan fingerprint density at radius 3 is 2.76 bits per heavy atom. The number of anilines is 2. The molecule has 5 nitrogen and oxygen atoms in total. The summed E-state index contributed by atoms with van der Waals surface area (Å²) in [4.78, 5) is 16.5. The lowest BCUT2D eigenvalue weighted by atomic mass is 10.1. The quantitative estimate of drug-likeness (QED) is 0.915. The molecule has 1 fully saturated rings. The number of hydrogen-bond acceptors (Lipinski definition) is 4. The second kappa shape index (κ2) is 5.93. The van der Waals surface area contributed by atoms with Crippen LogP contribution in [0.2, 0.25) is 0 Å². The third-order valence-electron chi connectivity index (χ3n) is 3.91. The van der Waals surface area contributed by atoms with Crippen LogP contribution in [0.4, 0.5) is 11.4 Å². The summed E-state index contributed by atoms with van der Waals surface area (Å²) in [6.07, 6.45) is 0. The van der Waals surface area contributed by atoms with E-state index in [1.165, 1.54) is 0 Å². The highest BCUT2D eigenvalue weighted by molar-refractivity contribution is 6.01. The number of amides is 1. The zero-order chi connectivity index (χ0) is 14.8. The smallest absolute Gasteiger partial charge is 0.265 e. The van der Waals surface area contributed by atoms with Crippen molar-refractivity contribution in [3.63, 3.8) is 0 Å². The maximum absolute atomic E-state index is 12.3. The van der Waals surface area contributed by atoms with Crippen molar-refractivity contribution in [2.24, 2.45) is 5.92 Å². The van der Waals surface area contributed by atoms with Crippen LogP contribution >= 0.6 is 0 Å². The number of fused-ring (bicyclic) bond motifs is 1.